The molecule has 1 N–H and O–H groups in total. The number of hydrogen-bond acceptors (Lipinski definition) is 4. The Kier molecular flexibility index (Phi) is 19.3. The van der Waals surface area contributed by atoms with Crippen molar-refractivity contribution in [2.45, 2.75) is 89.9 Å². The van der Waals surface area contributed by atoms with Gasteiger partial charge in [0.1, 0.15) is 0 Å². The van der Waals surface area contributed by atoms with Crippen LogP contribution in [0.15, 0.2) is 0 Å². The third-order valence-corrected chi connectivity index (χ3v) is 4.92. The van der Waals surface area contributed by atoms with E-state index in [4.69, 9.17) is 4.18 Å². The van der Waals surface area contributed by atoms with Crippen molar-refractivity contribution >= 4 is 10.1 Å². The predicted molar refractivity (Wildman–Crippen MR) is 84.1 cm³/mol. The zero-order chi connectivity index (χ0) is 15.3. The Balaban J connectivity index is -0.00000180. The first kappa shape index (κ1) is 24.8. The number of rotatable bonds is 14. The second kappa shape index (κ2) is 16.4. The van der Waals surface area contributed by atoms with Crippen LogP contribution in [0.4, 0.5) is 0 Å². The van der Waals surface area contributed by atoms with Gasteiger partial charge < -0.3 is 6.53 Å². The Hall–Kier alpha value is 1.51. The maximum absolute atomic E-state index is 11.3. The van der Waals surface area contributed by atoms with Crippen LogP contribution in [0.25, 0.3) is 0 Å². The van der Waals surface area contributed by atoms with Crippen LogP contribution in [-0.2, 0) is 14.3 Å². The van der Waals surface area contributed by atoms with Gasteiger partial charge in [-0.1, -0.05) is 71.6 Å². The second-order valence-corrected chi connectivity index (χ2v) is 7.13. The molecule has 0 bridgehead atoms. The summed E-state index contributed by atoms with van der Waals surface area (Å²) in [5.41, 5.74) is -1.38. The molecule has 0 aliphatic rings. The molecule has 0 heterocycles. The molecule has 0 saturated carbocycles. The molecule has 0 aliphatic heterocycles. The van der Waals surface area contributed by atoms with Crippen molar-refractivity contribution in [1.82, 2.24) is 0 Å². The van der Waals surface area contributed by atoms with E-state index in [9.17, 15) is 13.5 Å². The second-order valence-electron chi connectivity index (χ2n) is 5.36. The van der Waals surface area contributed by atoms with Crippen LogP contribution in [0.2, 0.25) is 0 Å². The molecule has 21 heavy (non-hydrogen) atoms. The molecule has 124 valence electrons. The Morgan fingerprint density at radius 3 is 1.76 bits per heavy atom. The van der Waals surface area contributed by atoms with Gasteiger partial charge in [0.2, 0.25) is 0 Å². The number of hydrogen-bond donors (Lipinski definition) is 1. The van der Waals surface area contributed by atoms with Crippen molar-refractivity contribution in [3.05, 3.63) is 0 Å². The Morgan fingerprint density at radius 2 is 1.33 bits per heavy atom. The van der Waals surface area contributed by atoms with Gasteiger partial charge in [0, 0.05) is 0 Å². The van der Waals surface area contributed by atoms with Gasteiger partial charge in [-0.25, -0.2) is 0 Å². The fourth-order valence-electron chi connectivity index (χ4n) is 2.05. The molecule has 0 aromatic heterocycles. The summed E-state index contributed by atoms with van der Waals surface area (Å²) in [5, 5.41) is 9.23. The molecule has 0 amide bonds. The summed E-state index contributed by atoms with van der Waals surface area (Å²) in [7, 11) is -3.77. The van der Waals surface area contributed by atoms with E-state index < -0.39 is 15.6 Å². The van der Waals surface area contributed by atoms with Crippen LogP contribution in [0.1, 0.15) is 85.9 Å². The summed E-state index contributed by atoms with van der Waals surface area (Å²) in [6.45, 7) is 4.03. The topological polar surface area (TPSA) is 63.6 Å². The van der Waals surface area contributed by atoms with Gasteiger partial charge in [-0.2, -0.15) is 8.42 Å². The number of aliphatic hydroxyl groups is 1. The molecule has 0 aromatic rings. The molecule has 1 atom stereocenters. The van der Waals surface area contributed by atoms with Gasteiger partial charge in [0.05, 0.1) is 6.61 Å². The fourth-order valence-corrected chi connectivity index (χ4v) is 2.96. The van der Waals surface area contributed by atoms with Gasteiger partial charge >= 0.3 is 51.4 Å². The summed E-state index contributed by atoms with van der Waals surface area (Å²) in [5.74, 6) is 0. The maximum atomic E-state index is 11.3. The average molecular weight is 349 g/mol. The Morgan fingerprint density at radius 1 is 0.905 bits per heavy atom. The third-order valence-electron chi connectivity index (χ3n) is 3.43. The van der Waals surface area contributed by atoms with Crippen molar-refractivity contribution in [2.24, 2.45) is 0 Å². The van der Waals surface area contributed by atoms with E-state index in [0.29, 0.717) is 0 Å². The van der Waals surface area contributed by atoms with Gasteiger partial charge in [-0.05, 0) is 12.8 Å². The summed E-state index contributed by atoms with van der Waals surface area (Å²) in [6, 6.07) is 0. The zero-order valence-electron chi connectivity index (χ0n) is 15.1. The van der Waals surface area contributed by atoms with Crippen LogP contribution in [0.3, 0.4) is 0 Å². The molecule has 0 aromatic carbocycles. The van der Waals surface area contributed by atoms with Crippen molar-refractivity contribution in [2.75, 3.05) is 6.61 Å². The molecule has 0 fully saturated rings. The van der Waals surface area contributed by atoms with E-state index in [0.717, 1.165) is 19.3 Å². The van der Waals surface area contributed by atoms with E-state index in [1.807, 2.05) is 0 Å². The fraction of sp³-hybridized carbons (Fsp3) is 1.00. The summed E-state index contributed by atoms with van der Waals surface area (Å²) >= 11 is 0. The molecule has 1 unspecified atom stereocenters. The summed E-state index contributed by atoms with van der Waals surface area (Å²) < 4.78 is 27.5. The van der Waals surface area contributed by atoms with Crippen molar-refractivity contribution in [3.8, 4) is 0 Å². The van der Waals surface area contributed by atoms with E-state index >= 15 is 0 Å². The van der Waals surface area contributed by atoms with Gasteiger partial charge in [0.15, 0.2) is 5.44 Å². The average Bonchev–Trinajstić information content (AvgIpc) is 2.43. The van der Waals surface area contributed by atoms with E-state index in [-0.39, 0.29) is 65.8 Å². The largest absolute Gasteiger partial charge is 1.00 e. The Bertz CT molecular complexity index is 313. The maximum Gasteiger partial charge on any atom is 1.00 e. The molecule has 0 radical (unpaired) electrons. The summed E-state index contributed by atoms with van der Waals surface area (Å²) in [4.78, 5) is 0. The SMILES string of the molecule is CCCCCCCCCCCCOS(=O)(=O)C(O)CC.[H-].[K+]. The van der Waals surface area contributed by atoms with Crippen LogP contribution in [0, 0.1) is 0 Å². The monoisotopic (exact) mass is 348 g/mol. The minimum absolute atomic E-state index is 0. The smallest absolute Gasteiger partial charge is 1.00 e. The predicted octanol–water partition coefficient (Wildman–Crippen LogP) is 1.10. The van der Waals surface area contributed by atoms with E-state index in [1.165, 1.54) is 44.9 Å². The molecule has 4 nitrogen and oxygen atoms in total. The molecule has 0 aliphatic carbocycles. The molecule has 0 saturated heterocycles. The Labute approximate surface area is 175 Å². The minimum atomic E-state index is -3.77. The quantitative estimate of drug-likeness (QED) is 0.290. The first-order valence-corrected chi connectivity index (χ1v) is 9.58. The first-order valence-electron chi connectivity index (χ1n) is 8.11. The molecule has 6 heteroatoms. The van der Waals surface area contributed by atoms with Crippen molar-refractivity contribution < 1.29 is 70.5 Å². The van der Waals surface area contributed by atoms with Crippen molar-refractivity contribution in [3.63, 3.8) is 0 Å². The molecule has 0 rings (SSSR count). The minimum Gasteiger partial charge on any atom is -1.00 e. The van der Waals surface area contributed by atoms with Gasteiger partial charge in [-0.15, -0.1) is 0 Å². The first-order chi connectivity index (χ1) is 9.54. The summed E-state index contributed by atoms with van der Waals surface area (Å²) in [6.07, 6.45) is 12.2. The zero-order valence-corrected chi connectivity index (χ0v) is 18.1. The van der Waals surface area contributed by atoms with E-state index in [1.54, 1.807) is 6.92 Å². The number of unbranched alkanes of at least 4 members (excludes halogenated alkanes) is 9. The molecule has 0 spiro atoms. The third kappa shape index (κ3) is 14.8. The van der Waals surface area contributed by atoms with Crippen LogP contribution in [-0.4, -0.2) is 25.6 Å². The standard InChI is InChI=1S/C15H32O4S.K.H/c1-3-5-6-7-8-9-10-11-12-13-14-19-20(17,18)15(16)4-2;;/h15-16H,3-14H2,1-2H3;;/q;+1;-1. The van der Waals surface area contributed by atoms with Crippen LogP contribution >= 0.6 is 0 Å². The number of aliphatic hydroxyl groups excluding tert-OH is 1. The molecular weight excluding hydrogens is 315 g/mol. The normalized spacial score (nSPS) is 12.9. The van der Waals surface area contributed by atoms with Crippen molar-refractivity contribution in [1.29, 1.82) is 0 Å². The van der Waals surface area contributed by atoms with Gasteiger partial charge in [-0.3, -0.25) is 4.18 Å². The molecular formula is C15H33KO4S. The van der Waals surface area contributed by atoms with Crippen LogP contribution < -0.4 is 51.4 Å². The van der Waals surface area contributed by atoms with Gasteiger partial charge in [0.25, 0.3) is 10.1 Å². The van der Waals surface area contributed by atoms with E-state index in [2.05, 4.69) is 6.92 Å². The van der Waals surface area contributed by atoms with Crippen LogP contribution in [0.5, 0.6) is 0 Å².